The maximum atomic E-state index is 13.2. The quantitative estimate of drug-likeness (QED) is 0.892. The van der Waals surface area contributed by atoms with Crippen molar-refractivity contribution in [3.05, 3.63) is 34.6 Å². The van der Waals surface area contributed by atoms with Crippen molar-refractivity contribution in [3.63, 3.8) is 0 Å². The fourth-order valence-corrected chi connectivity index (χ4v) is 3.04. The third kappa shape index (κ3) is 3.37. The highest BCUT2D eigenvalue weighted by Crippen LogP contribution is 2.18. The molecule has 1 N–H and O–H groups in total. The molecule has 1 fully saturated rings. The van der Waals surface area contributed by atoms with Gasteiger partial charge in [0.2, 0.25) is 0 Å². The van der Waals surface area contributed by atoms with Crippen LogP contribution in [0.5, 0.6) is 0 Å². The number of halogens is 2. The number of hydrogen-bond acceptors (Lipinski definition) is 2. The molecule has 0 amide bonds. The molecule has 0 radical (unpaired) electrons. The lowest BCUT2D eigenvalue weighted by atomic mass is 10.1. The van der Waals surface area contributed by atoms with Gasteiger partial charge in [-0.3, -0.25) is 0 Å². The third-order valence-corrected chi connectivity index (χ3v) is 4.26. The van der Waals surface area contributed by atoms with Crippen molar-refractivity contribution < 1.29 is 4.39 Å². The minimum absolute atomic E-state index is 0.192. The van der Waals surface area contributed by atoms with Crippen LogP contribution in [0.15, 0.2) is 18.2 Å². The molecule has 1 aliphatic heterocycles. The summed E-state index contributed by atoms with van der Waals surface area (Å²) < 4.78 is 13.2. The average molecular weight is 260 g/mol. The summed E-state index contributed by atoms with van der Waals surface area (Å²) in [6.07, 6.45) is 2.50. The molecule has 0 saturated carbocycles. The van der Waals surface area contributed by atoms with Crippen molar-refractivity contribution in [2.24, 2.45) is 0 Å². The summed E-state index contributed by atoms with van der Waals surface area (Å²) in [4.78, 5) is 0. The van der Waals surface area contributed by atoms with Gasteiger partial charge in [0.05, 0.1) is 5.02 Å². The van der Waals surface area contributed by atoms with Crippen LogP contribution in [0.4, 0.5) is 4.39 Å². The Hall–Kier alpha value is -0.250. The van der Waals surface area contributed by atoms with Gasteiger partial charge < -0.3 is 5.32 Å². The summed E-state index contributed by atoms with van der Waals surface area (Å²) in [5, 5.41) is 3.65. The molecule has 16 heavy (non-hydrogen) atoms. The molecule has 1 atom stereocenters. The molecular weight excluding hydrogens is 245 g/mol. The fraction of sp³-hybridized carbons (Fsp3) is 0.500. The number of rotatable bonds is 3. The average Bonchev–Trinajstić information content (AvgIpc) is 2.32. The van der Waals surface area contributed by atoms with Crippen LogP contribution in [0.1, 0.15) is 18.4 Å². The second-order valence-corrected chi connectivity index (χ2v) is 5.60. The van der Waals surface area contributed by atoms with Gasteiger partial charge in [0.15, 0.2) is 0 Å². The lowest BCUT2D eigenvalue weighted by Crippen LogP contribution is -2.33. The van der Waals surface area contributed by atoms with Crippen molar-refractivity contribution in [2.45, 2.75) is 25.4 Å². The van der Waals surface area contributed by atoms with Crippen molar-refractivity contribution in [2.75, 3.05) is 11.5 Å². The SMILES string of the molecule is Fc1cc(CNC2CCCSC2)ccc1Cl. The molecular formula is C12H15ClFNS. The lowest BCUT2D eigenvalue weighted by molar-refractivity contribution is 0.506. The highest BCUT2D eigenvalue weighted by molar-refractivity contribution is 7.99. The van der Waals surface area contributed by atoms with Gasteiger partial charge in [0.25, 0.3) is 0 Å². The second kappa shape index (κ2) is 5.89. The third-order valence-electron chi connectivity index (χ3n) is 2.74. The minimum atomic E-state index is -0.334. The van der Waals surface area contributed by atoms with Crippen molar-refractivity contribution >= 4 is 23.4 Å². The molecule has 0 spiro atoms. The number of benzene rings is 1. The van der Waals surface area contributed by atoms with Gasteiger partial charge in [-0.1, -0.05) is 17.7 Å². The van der Waals surface area contributed by atoms with Crippen LogP contribution in [-0.2, 0) is 6.54 Å². The molecule has 1 saturated heterocycles. The molecule has 1 heterocycles. The second-order valence-electron chi connectivity index (χ2n) is 4.04. The first-order valence-corrected chi connectivity index (χ1v) is 7.04. The minimum Gasteiger partial charge on any atom is -0.309 e. The van der Waals surface area contributed by atoms with E-state index in [-0.39, 0.29) is 10.8 Å². The van der Waals surface area contributed by atoms with Gasteiger partial charge in [-0.15, -0.1) is 0 Å². The predicted molar refractivity (Wildman–Crippen MR) is 68.6 cm³/mol. The van der Waals surface area contributed by atoms with E-state index in [1.54, 1.807) is 6.07 Å². The Morgan fingerprint density at radius 3 is 3.06 bits per heavy atom. The van der Waals surface area contributed by atoms with E-state index in [1.165, 1.54) is 24.7 Å². The van der Waals surface area contributed by atoms with Gasteiger partial charge in [-0.05, 0) is 36.3 Å². The lowest BCUT2D eigenvalue weighted by Gasteiger charge is -2.22. The van der Waals surface area contributed by atoms with Crippen LogP contribution in [0.2, 0.25) is 5.02 Å². The Bertz CT molecular complexity index is 353. The first kappa shape index (κ1) is 12.2. The Morgan fingerprint density at radius 1 is 1.50 bits per heavy atom. The van der Waals surface area contributed by atoms with Gasteiger partial charge in [-0.2, -0.15) is 11.8 Å². The topological polar surface area (TPSA) is 12.0 Å². The summed E-state index contributed by atoms with van der Waals surface area (Å²) in [5.41, 5.74) is 0.956. The summed E-state index contributed by atoms with van der Waals surface area (Å²) in [7, 11) is 0. The number of nitrogens with one attached hydrogen (secondary N) is 1. The molecule has 1 aliphatic rings. The zero-order valence-corrected chi connectivity index (χ0v) is 10.6. The van der Waals surface area contributed by atoms with Crippen LogP contribution in [0, 0.1) is 5.82 Å². The Labute approximate surface area is 105 Å². The molecule has 1 aromatic carbocycles. The van der Waals surface area contributed by atoms with E-state index in [1.807, 2.05) is 17.8 Å². The van der Waals surface area contributed by atoms with Crippen molar-refractivity contribution in [1.82, 2.24) is 5.32 Å². The van der Waals surface area contributed by atoms with Crippen molar-refractivity contribution in [3.8, 4) is 0 Å². The van der Waals surface area contributed by atoms with E-state index in [4.69, 9.17) is 11.6 Å². The summed E-state index contributed by atoms with van der Waals surface area (Å²) in [6, 6.07) is 5.56. The maximum Gasteiger partial charge on any atom is 0.142 e. The van der Waals surface area contributed by atoms with Crippen LogP contribution < -0.4 is 5.32 Å². The Kier molecular flexibility index (Phi) is 4.50. The van der Waals surface area contributed by atoms with Gasteiger partial charge >= 0.3 is 0 Å². The van der Waals surface area contributed by atoms with Crippen LogP contribution in [0.3, 0.4) is 0 Å². The zero-order chi connectivity index (χ0) is 11.4. The largest absolute Gasteiger partial charge is 0.309 e. The molecule has 0 bridgehead atoms. The molecule has 0 aliphatic carbocycles. The normalized spacial score (nSPS) is 21.0. The van der Waals surface area contributed by atoms with Crippen LogP contribution in [0.25, 0.3) is 0 Å². The molecule has 88 valence electrons. The van der Waals surface area contributed by atoms with Gasteiger partial charge in [-0.25, -0.2) is 4.39 Å². The maximum absolute atomic E-state index is 13.2. The predicted octanol–water partition coefficient (Wildman–Crippen LogP) is 3.46. The van der Waals surface area contributed by atoms with E-state index in [0.717, 1.165) is 17.9 Å². The first-order chi connectivity index (χ1) is 7.75. The number of hydrogen-bond donors (Lipinski definition) is 1. The van der Waals surface area contributed by atoms with Crippen LogP contribution in [-0.4, -0.2) is 17.5 Å². The van der Waals surface area contributed by atoms with E-state index < -0.39 is 0 Å². The highest BCUT2D eigenvalue weighted by Gasteiger charge is 2.12. The van der Waals surface area contributed by atoms with E-state index in [2.05, 4.69) is 5.32 Å². The van der Waals surface area contributed by atoms with Gasteiger partial charge in [0, 0.05) is 18.3 Å². The first-order valence-electron chi connectivity index (χ1n) is 5.51. The standard InChI is InChI=1S/C12H15ClFNS/c13-11-4-3-9(6-12(11)14)7-15-10-2-1-5-16-8-10/h3-4,6,10,15H,1-2,5,7-8H2. The molecule has 1 nitrogen and oxygen atoms in total. The Balaban J connectivity index is 1.86. The summed E-state index contributed by atoms with van der Waals surface area (Å²) in [5.74, 6) is 2.10. The molecule has 1 unspecified atom stereocenters. The van der Waals surface area contributed by atoms with Crippen LogP contribution >= 0.6 is 23.4 Å². The van der Waals surface area contributed by atoms with E-state index in [0.29, 0.717) is 6.04 Å². The summed E-state index contributed by atoms with van der Waals surface area (Å²) >= 11 is 7.62. The highest BCUT2D eigenvalue weighted by atomic mass is 35.5. The molecule has 1 aromatic rings. The molecule has 0 aromatic heterocycles. The Morgan fingerprint density at radius 2 is 2.38 bits per heavy atom. The molecule has 4 heteroatoms. The van der Waals surface area contributed by atoms with Crippen molar-refractivity contribution in [1.29, 1.82) is 0 Å². The smallest absolute Gasteiger partial charge is 0.142 e. The number of thioether (sulfide) groups is 1. The van der Waals surface area contributed by atoms with E-state index in [9.17, 15) is 4.39 Å². The fourth-order valence-electron chi connectivity index (χ4n) is 1.81. The molecule has 2 rings (SSSR count). The van der Waals surface area contributed by atoms with E-state index >= 15 is 0 Å². The monoisotopic (exact) mass is 259 g/mol. The summed E-state index contributed by atoms with van der Waals surface area (Å²) in [6.45, 7) is 0.722. The zero-order valence-electron chi connectivity index (χ0n) is 9.01. The van der Waals surface area contributed by atoms with Gasteiger partial charge in [0.1, 0.15) is 5.82 Å².